The van der Waals surface area contributed by atoms with E-state index in [2.05, 4.69) is 43.6 Å². The van der Waals surface area contributed by atoms with Crippen LogP contribution in [0.5, 0.6) is 0 Å². The van der Waals surface area contributed by atoms with Gasteiger partial charge in [-0.2, -0.15) is 0 Å². The molecule has 1 unspecified atom stereocenters. The number of nitrogens with zero attached hydrogens (tertiary/aromatic N) is 1. The van der Waals surface area contributed by atoms with E-state index in [-0.39, 0.29) is 16.9 Å². The minimum atomic E-state index is -0.639. The highest BCUT2D eigenvalue weighted by molar-refractivity contribution is 5.87. The number of ether oxygens (including phenoxy) is 1. The minimum Gasteiger partial charge on any atom is -0.476 e. The third-order valence-corrected chi connectivity index (χ3v) is 10.1. The van der Waals surface area contributed by atoms with Crippen molar-refractivity contribution in [2.45, 2.75) is 103 Å². The molecule has 0 aromatic heterocycles. The SMILES string of the molecule is C=C1C(=CC=C2CCC[C@]3(C)[C@@H]([C@H](C)C=C[C@@H](O)C4(C5=NCC(C)O5)CC4)CC[C@@H]23)C[C@@H](O)C[C@@H]1O. The smallest absolute Gasteiger partial charge is 0.193 e. The van der Waals surface area contributed by atoms with Crippen LogP contribution in [-0.2, 0) is 4.74 Å². The molecule has 4 aliphatic carbocycles. The first-order chi connectivity index (χ1) is 17.1. The molecule has 0 bridgehead atoms. The molecule has 0 aromatic carbocycles. The van der Waals surface area contributed by atoms with Gasteiger partial charge in [0.25, 0.3) is 0 Å². The van der Waals surface area contributed by atoms with Crippen LogP contribution in [0, 0.1) is 28.6 Å². The second-order valence-corrected chi connectivity index (χ2v) is 12.6. The van der Waals surface area contributed by atoms with Crippen molar-refractivity contribution in [3.05, 3.63) is 47.6 Å². The molecule has 0 spiro atoms. The Morgan fingerprint density at radius 3 is 2.61 bits per heavy atom. The van der Waals surface area contributed by atoms with Gasteiger partial charge in [-0.15, -0.1) is 0 Å². The van der Waals surface area contributed by atoms with Gasteiger partial charge >= 0.3 is 0 Å². The summed E-state index contributed by atoms with van der Waals surface area (Å²) in [6.45, 7) is 11.6. The van der Waals surface area contributed by atoms with Crippen molar-refractivity contribution in [3.63, 3.8) is 0 Å². The summed E-state index contributed by atoms with van der Waals surface area (Å²) in [7, 11) is 0. The van der Waals surface area contributed by atoms with Crippen LogP contribution in [-0.4, -0.2) is 52.2 Å². The number of aliphatic hydroxyl groups excluding tert-OH is 3. The number of fused-ring (bicyclic) bond motifs is 1. The van der Waals surface area contributed by atoms with E-state index in [1.165, 1.54) is 31.3 Å². The molecule has 0 aromatic rings. The molecule has 8 atom stereocenters. The Hall–Kier alpha value is -1.69. The summed E-state index contributed by atoms with van der Waals surface area (Å²) in [6.07, 6.45) is 16.0. The first-order valence-electron chi connectivity index (χ1n) is 14.2. The highest BCUT2D eigenvalue weighted by Crippen LogP contribution is 2.60. The predicted molar refractivity (Wildman–Crippen MR) is 144 cm³/mol. The van der Waals surface area contributed by atoms with E-state index in [1.807, 2.05) is 13.0 Å². The second-order valence-electron chi connectivity index (χ2n) is 12.6. The van der Waals surface area contributed by atoms with Gasteiger partial charge in [-0.25, -0.2) is 0 Å². The third-order valence-electron chi connectivity index (χ3n) is 10.1. The van der Waals surface area contributed by atoms with Gasteiger partial charge in [0.1, 0.15) is 6.10 Å². The van der Waals surface area contributed by atoms with Crippen LogP contribution in [0.25, 0.3) is 0 Å². The van der Waals surface area contributed by atoms with Gasteiger partial charge in [0.05, 0.1) is 30.3 Å². The molecular weight excluding hydrogens is 450 g/mol. The largest absolute Gasteiger partial charge is 0.476 e. The van der Waals surface area contributed by atoms with Crippen molar-refractivity contribution in [1.29, 1.82) is 0 Å². The molecule has 1 aliphatic heterocycles. The summed E-state index contributed by atoms with van der Waals surface area (Å²) in [5.74, 6) is 2.32. The molecule has 1 heterocycles. The van der Waals surface area contributed by atoms with Crippen LogP contribution in [0.4, 0.5) is 0 Å². The van der Waals surface area contributed by atoms with Crippen LogP contribution in [0.1, 0.15) is 78.6 Å². The highest BCUT2D eigenvalue weighted by atomic mass is 16.5. The fourth-order valence-corrected chi connectivity index (χ4v) is 7.73. The van der Waals surface area contributed by atoms with Crippen molar-refractivity contribution in [3.8, 4) is 0 Å². The van der Waals surface area contributed by atoms with Gasteiger partial charge in [-0.3, -0.25) is 4.99 Å². The molecule has 36 heavy (non-hydrogen) atoms. The lowest BCUT2D eigenvalue weighted by molar-refractivity contribution is 0.0862. The molecule has 198 valence electrons. The predicted octanol–water partition coefficient (Wildman–Crippen LogP) is 5.28. The highest BCUT2D eigenvalue weighted by Gasteiger charge is 2.55. The number of allylic oxidation sites excluding steroid dienone is 4. The zero-order valence-electron chi connectivity index (χ0n) is 22.3. The standard InChI is InChI=1S/C31H45NO4/c1-19(7-12-28(35)31(14-15-31)29-32-18-20(2)36-29)25-10-11-26-22(6-5-13-30(25,26)4)8-9-23-16-24(33)17-27(34)21(23)3/h7-9,12,19-20,24-28,33-35H,3,5-6,10-11,13-18H2,1-2,4H3/t19-,20?,24-,25-,26+,27+,28-,30-/m1/s1. The normalized spacial score (nSPS) is 41.9. The Kier molecular flexibility index (Phi) is 7.12. The van der Waals surface area contributed by atoms with E-state index in [0.29, 0.717) is 37.1 Å². The lowest BCUT2D eigenvalue weighted by Crippen LogP contribution is -2.35. The van der Waals surface area contributed by atoms with Crippen LogP contribution >= 0.6 is 0 Å². The van der Waals surface area contributed by atoms with Crippen LogP contribution in [0.2, 0.25) is 0 Å². The average Bonchev–Trinajstić information content (AvgIpc) is 3.41. The lowest BCUT2D eigenvalue weighted by Gasteiger charge is -2.44. The second kappa shape index (κ2) is 9.89. The van der Waals surface area contributed by atoms with Gasteiger partial charge in [0.15, 0.2) is 5.90 Å². The van der Waals surface area contributed by atoms with Crippen molar-refractivity contribution < 1.29 is 20.1 Å². The Bertz CT molecular complexity index is 989. The van der Waals surface area contributed by atoms with Gasteiger partial charge < -0.3 is 20.1 Å². The minimum absolute atomic E-state index is 0.124. The van der Waals surface area contributed by atoms with Crippen molar-refractivity contribution in [2.75, 3.05) is 6.54 Å². The Balaban J connectivity index is 1.27. The van der Waals surface area contributed by atoms with E-state index >= 15 is 0 Å². The molecule has 3 N–H and O–H groups in total. The Morgan fingerprint density at radius 1 is 1.14 bits per heavy atom. The van der Waals surface area contributed by atoms with Gasteiger partial charge in [-0.05, 0) is 92.6 Å². The maximum absolute atomic E-state index is 11.1. The van der Waals surface area contributed by atoms with Crippen molar-refractivity contribution in [2.24, 2.45) is 33.6 Å². The van der Waals surface area contributed by atoms with Gasteiger partial charge in [0.2, 0.25) is 0 Å². The summed E-state index contributed by atoms with van der Waals surface area (Å²) in [5, 5.41) is 31.4. The van der Waals surface area contributed by atoms with Crippen molar-refractivity contribution >= 4 is 5.90 Å². The van der Waals surface area contributed by atoms with E-state index in [9.17, 15) is 15.3 Å². The average molecular weight is 496 g/mol. The summed E-state index contributed by atoms with van der Waals surface area (Å²) >= 11 is 0. The molecule has 4 fully saturated rings. The van der Waals surface area contributed by atoms with Gasteiger partial charge in [-0.1, -0.05) is 50.3 Å². The fourth-order valence-electron chi connectivity index (χ4n) is 7.73. The van der Waals surface area contributed by atoms with E-state index in [0.717, 1.165) is 36.3 Å². The lowest BCUT2D eigenvalue weighted by atomic mass is 9.61. The third kappa shape index (κ3) is 4.68. The zero-order valence-corrected chi connectivity index (χ0v) is 22.3. The number of hydrogen-bond acceptors (Lipinski definition) is 5. The molecule has 5 rings (SSSR count). The molecule has 5 nitrogen and oxygen atoms in total. The zero-order chi connectivity index (χ0) is 25.7. The maximum Gasteiger partial charge on any atom is 0.193 e. The summed E-state index contributed by atoms with van der Waals surface area (Å²) in [6, 6.07) is 0. The summed E-state index contributed by atoms with van der Waals surface area (Å²) in [5.41, 5.74) is 3.22. The monoisotopic (exact) mass is 495 g/mol. The maximum atomic E-state index is 11.1. The van der Waals surface area contributed by atoms with E-state index < -0.39 is 18.3 Å². The molecule has 4 saturated carbocycles. The molecule has 0 saturated heterocycles. The van der Waals surface area contributed by atoms with Gasteiger partial charge in [0, 0.05) is 6.42 Å². The summed E-state index contributed by atoms with van der Waals surface area (Å²) < 4.78 is 5.91. The number of hydrogen-bond donors (Lipinski definition) is 3. The number of rotatable bonds is 6. The molecule has 5 heteroatoms. The Morgan fingerprint density at radius 2 is 1.92 bits per heavy atom. The topological polar surface area (TPSA) is 82.3 Å². The first-order valence-corrected chi connectivity index (χ1v) is 14.2. The number of aliphatic hydroxyl groups is 3. The van der Waals surface area contributed by atoms with Crippen LogP contribution in [0.15, 0.2) is 52.6 Å². The van der Waals surface area contributed by atoms with Crippen LogP contribution < -0.4 is 0 Å². The first kappa shape index (κ1) is 25.9. The number of aliphatic imine (C=N–C) groups is 1. The quantitative estimate of drug-likeness (QED) is 0.438. The molecule has 0 radical (unpaired) electrons. The molecule has 5 aliphatic rings. The summed E-state index contributed by atoms with van der Waals surface area (Å²) in [4.78, 5) is 4.57. The van der Waals surface area contributed by atoms with Crippen molar-refractivity contribution in [1.82, 2.24) is 0 Å². The molecule has 0 amide bonds. The molecular formula is C31H45NO4. The Labute approximate surface area is 216 Å². The fraction of sp³-hybridized carbons (Fsp3) is 0.710. The van der Waals surface area contributed by atoms with Crippen LogP contribution in [0.3, 0.4) is 0 Å². The van der Waals surface area contributed by atoms with E-state index in [1.54, 1.807) is 0 Å². The van der Waals surface area contributed by atoms with E-state index in [4.69, 9.17) is 4.74 Å².